The van der Waals surface area contributed by atoms with Crippen LogP contribution in [0.15, 0.2) is 30.0 Å². The summed E-state index contributed by atoms with van der Waals surface area (Å²) in [7, 11) is 0. The van der Waals surface area contributed by atoms with Crippen molar-refractivity contribution < 1.29 is 19.4 Å². The van der Waals surface area contributed by atoms with Crippen LogP contribution in [0.1, 0.15) is 77.2 Å². The maximum absolute atomic E-state index is 13.5. The van der Waals surface area contributed by atoms with Gasteiger partial charge in [0.2, 0.25) is 0 Å². The van der Waals surface area contributed by atoms with E-state index in [1.807, 2.05) is 29.2 Å². The Bertz CT molecular complexity index is 818. The second kappa shape index (κ2) is 12.8. The number of aliphatic hydroxyl groups is 1. The lowest BCUT2D eigenvalue weighted by atomic mass is 9.97. The average Bonchev–Trinajstić information content (AvgIpc) is 3.09. The van der Waals surface area contributed by atoms with Crippen LogP contribution in [0, 0.1) is 5.92 Å². The molecule has 1 unspecified atom stereocenters. The Morgan fingerprint density at radius 2 is 1.70 bits per heavy atom. The molecule has 0 saturated carbocycles. The fourth-order valence-corrected chi connectivity index (χ4v) is 4.73. The number of hydrogen-bond donors (Lipinski definition) is 1. The van der Waals surface area contributed by atoms with Crippen LogP contribution in [-0.2, 0) is 9.59 Å². The maximum atomic E-state index is 13.5. The summed E-state index contributed by atoms with van der Waals surface area (Å²) in [6, 6.07) is 7.51. The standard InChI is InChI=1S/C27H40N2O4/c1-3-5-6-7-8-9-17-29-26(31)24(22-12-14-23(15-13-22)33-18-4-2)25(27(29)32)28-16-10-11-21(19-28)20-30/h12-15,21,30H,3-11,16-20H2,1-2H3. The number of rotatable bonds is 13. The molecule has 6 nitrogen and oxygen atoms in total. The second-order valence-electron chi connectivity index (χ2n) is 9.26. The largest absolute Gasteiger partial charge is 0.494 e. The number of imide groups is 1. The Balaban J connectivity index is 1.81. The smallest absolute Gasteiger partial charge is 0.277 e. The fourth-order valence-electron chi connectivity index (χ4n) is 4.73. The lowest BCUT2D eigenvalue weighted by molar-refractivity contribution is -0.137. The van der Waals surface area contributed by atoms with Crippen LogP contribution >= 0.6 is 0 Å². The van der Waals surface area contributed by atoms with Gasteiger partial charge in [0.25, 0.3) is 11.8 Å². The van der Waals surface area contributed by atoms with Crippen molar-refractivity contribution in [2.24, 2.45) is 5.92 Å². The van der Waals surface area contributed by atoms with E-state index in [2.05, 4.69) is 13.8 Å². The van der Waals surface area contributed by atoms with E-state index in [0.29, 0.717) is 31.0 Å². The number of aliphatic hydroxyl groups excluding tert-OH is 1. The average molecular weight is 457 g/mol. The van der Waals surface area contributed by atoms with Crippen LogP contribution in [0.25, 0.3) is 5.57 Å². The normalized spacial score (nSPS) is 19.1. The van der Waals surface area contributed by atoms with Gasteiger partial charge in [0.1, 0.15) is 11.4 Å². The Morgan fingerprint density at radius 3 is 2.39 bits per heavy atom. The van der Waals surface area contributed by atoms with Crippen LogP contribution in [0.3, 0.4) is 0 Å². The van der Waals surface area contributed by atoms with E-state index < -0.39 is 0 Å². The predicted octanol–water partition coefficient (Wildman–Crippen LogP) is 4.62. The fraction of sp³-hybridized carbons (Fsp3) is 0.630. The van der Waals surface area contributed by atoms with E-state index in [0.717, 1.165) is 56.4 Å². The van der Waals surface area contributed by atoms with E-state index >= 15 is 0 Å². The van der Waals surface area contributed by atoms with Crippen molar-refractivity contribution in [1.29, 1.82) is 0 Å². The van der Waals surface area contributed by atoms with Crippen molar-refractivity contribution >= 4 is 17.4 Å². The number of benzene rings is 1. The molecule has 3 rings (SSSR count). The summed E-state index contributed by atoms with van der Waals surface area (Å²) < 4.78 is 5.69. The number of piperidine rings is 1. The first-order valence-corrected chi connectivity index (χ1v) is 12.8. The first-order valence-electron chi connectivity index (χ1n) is 12.8. The number of nitrogens with zero attached hydrogens (tertiary/aromatic N) is 2. The number of ether oxygens (including phenoxy) is 1. The summed E-state index contributed by atoms with van der Waals surface area (Å²) >= 11 is 0. The Labute approximate surface area is 198 Å². The summed E-state index contributed by atoms with van der Waals surface area (Å²) in [5.74, 6) is 0.514. The molecule has 2 aliphatic heterocycles. The molecule has 1 aromatic carbocycles. The van der Waals surface area contributed by atoms with Gasteiger partial charge in [-0.15, -0.1) is 0 Å². The lowest BCUT2D eigenvalue weighted by Gasteiger charge is -2.34. The van der Waals surface area contributed by atoms with Crippen molar-refractivity contribution in [3.63, 3.8) is 0 Å². The Hall–Kier alpha value is -2.34. The van der Waals surface area contributed by atoms with Crippen molar-refractivity contribution in [3.05, 3.63) is 35.5 Å². The zero-order valence-electron chi connectivity index (χ0n) is 20.4. The van der Waals surface area contributed by atoms with Gasteiger partial charge in [-0.3, -0.25) is 14.5 Å². The van der Waals surface area contributed by atoms with E-state index in [1.54, 1.807) is 0 Å². The summed E-state index contributed by atoms with van der Waals surface area (Å²) in [6.45, 7) is 6.81. The van der Waals surface area contributed by atoms with Gasteiger partial charge >= 0.3 is 0 Å². The highest BCUT2D eigenvalue weighted by atomic mass is 16.5. The lowest BCUT2D eigenvalue weighted by Crippen LogP contribution is -2.40. The minimum Gasteiger partial charge on any atom is -0.494 e. The molecule has 1 aromatic rings. The van der Waals surface area contributed by atoms with Gasteiger partial charge in [0.05, 0.1) is 12.2 Å². The highest BCUT2D eigenvalue weighted by molar-refractivity contribution is 6.35. The molecule has 1 N–H and O–H groups in total. The van der Waals surface area contributed by atoms with Gasteiger partial charge in [0, 0.05) is 26.2 Å². The summed E-state index contributed by atoms with van der Waals surface area (Å²) in [5.41, 5.74) is 1.75. The van der Waals surface area contributed by atoms with Crippen LogP contribution in [-0.4, -0.2) is 59.6 Å². The molecule has 0 aliphatic carbocycles. The van der Waals surface area contributed by atoms with Crippen molar-refractivity contribution in [2.45, 2.75) is 71.6 Å². The predicted molar refractivity (Wildman–Crippen MR) is 131 cm³/mol. The zero-order valence-corrected chi connectivity index (χ0v) is 20.4. The maximum Gasteiger partial charge on any atom is 0.277 e. The monoisotopic (exact) mass is 456 g/mol. The third-order valence-corrected chi connectivity index (χ3v) is 6.59. The van der Waals surface area contributed by atoms with Gasteiger partial charge in [-0.05, 0) is 49.3 Å². The number of carbonyl (C=O) groups excluding carboxylic acids is 2. The molecule has 182 valence electrons. The molecular formula is C27H40N2O4. The molecule has 1 saturated heterocycles. The summed E-state index contributed by atoms with van der Waals surface area (Å²) in [4.78, 5) is 30.4. The molecule has 33 heavy (non-hydrogen) atoms. The van der Waals surface area contributed by atoms with E-state index in [-0.39, 0.29) is 24.3 Å². The first-order chi connectivity index (χ1) is 16.1. The minimum atomic E-state index is -0.197. The third-order valence-electron chi connectivity index (χ3n) is 6.59. The molecule has 0 bridgehead atoms. The first kappa shape index (κ1) is 25.3. The van der Waals surface area contributed by atoms with Gasteiger partial charge in [-0.1, -0.05) is 58.1 Å². The van der Waals surface area contributed by atoms with Gasteiger partial charge in [0.15, 0.2) is 0 Å². The van der Waals surface area contributed by atoms with Crippen molar-refractivity contribution in [1.82, 2.24) is 9.80 Å². The molecule has 1 fully saturated rings. The van der Waals surface area contributed by atoms with Gasteiger partial charge in [-0.2, -0.15) is 0 Å². The Morgan fingerprint density at radius 1 is 0.970 bits per heavy atom. The highest BCUT2D eigenvalue weighted by Gasteiger charge is 2.42. The molecule has 0 aromatic heterocycles. The number of unbranched alkanes of at least 4 members (excludes halogenated alkanes) is 5. The zero-order chi connectivity index (χ0) is 23.6. The van der Waals surface area contributed by atoms with Gasteiger partial charge < -0.3 is 14.7 Å². The van der Waals surface area contributed by atoms with Crippen molar-refractivity contribution in [3.8, 4) is 5.75 Å². The van der Waals surface area contributed by atoms with Gasteiger partial charge in [-0.25, -0.2) is 0 Å². The van der Waals surface area contributed by atoms with E-state index in [4.69, 9.17) is 4.74 Å². The molecule has 2 aliphatic rings. The second-order valence-corrected chi connectivity index (χ2v) is 9.26. The number of likely N-dealkylation sites (tertiary alicyclic amines) is 1. The summed E-state index contributed by atoms with van der Waals surface area (Å²) in [6.07, 6.45) is 9.43. The third kappa shape index (κ3) is 6.38. The van der Waals surface area contributed by atoms with E-state index in [9.17, 15) is 14.7 Å². The topological polar surface area (TPSA) is 70.1 Å². The molecule has 0 spiro atoms. The number of hydrogen-bond acceptors (Lipinski definition) is 5. The molecule has 2 heterocycles. The van der Waals surface area contributed by atoms with Crippen LogP contribution in [0.4, 0.5) is 0 Å². The van der Waals surface area contributed by atoms with Crippen LogP contribution in [0.5, 0.6) is 5.75 Å². The van der Waals surface area contributed by atoms with Crippen molar-refractivity contribution in [2.75, 3.05) is 32.8 Å². The van der Waals surface area contributed by atoms with Crippen LogP contribution in [0.2, 0.25) is 0 Å². The molecular weight excluding hydrogens is 416 g/mol. The van der Waals surface area contributed by atoms with E-state index in [1.165, 1.54) is 24.2 Å². The Kier molecular flexibility index (Phi) is 9.79. The minimum absolute atomic E-state index is 0.103. The van der Waals surface area contributed by atoms with Crippen LogP contribution < -0.4 is 4.74 Å². The summed E-state index contributed by atoms with van der Waals surface area (Å²) in [5, 5.41) is 9.69. The molecule has 0 radical (unpaired) electrons. The molecule has 2 amide bonds. The SMILES string of the molecule is CCCCCCCCN1C(=O)C(c2ccc(OCCC)cc2)=C(N2CCCC(CO)C2)C1=O. The number of amides is 2. The quantitative estimate of drug-likeness (QED) is 0.346. The molecule has 1 atom stereocenters. The number of carbonyl (C=O) groups is 2. The molecule has 6 heteroatoms. The highest BCUT2D eigenvalue weighted by Crippen LogP contribution is 2.34.